The predicted octanol–water partition coefficient (Wildman–Crippen LogP) is 3.22. The molecule has 100 valence electrons. The lowest BCUT2D eigenvalue weighted by atomic mass is 10.2. The monoisotopic (exact) mass is 298 g/mol. The first kappa shape index (κ1) is 14.0. The Morgan fingerprint density at radius 3 is 2.95 bits per heavy atom. The van der Waals surface area contributed by atoms with Crippen LogP contribution >= 0.6 is 22.9 Å². The molecule has 0 aliphatic rings. The highest BCUT2D eigenvalue weighted by Gasteiger charge is 2.15. The van der Waals surface area contributed by atoms with Crippen LogP contribution in [-0.2, 0) is 6.42 Å². The third kappa shape index (κ3) is 3.52. The van der Waals surface area contributed by atoms with Gasteiger partial charge in [-0.1, -0.05) is 17.7 Å². The van der Waals surface area contributed by atoms with Gasteiger partial charge in [-0.05, 0) is 19.1 Å². The van der Waals surface area contributed by atoms with E-state index in [9.17, 15) is 9.18 Å². The van der Waals surface area contributed by atoms with Crippen LogP contribution in [0.2, 0.25) is 5.02 Å². The maximum atomic E-state index is 13.5. The van der Waals surface area contributed by atoms with Crippen LogP contribution in [0.15, 0.2) is 24.4 Å². The zero-order valence-electron chi connectivity index (χ0n) is 10.2. The van der Waals surface area contributed by atoms with Crippen LogP contribution < -0.4 is 5.32 Å². The summed E-state index contributed by atoms with van der Waals surface area (Å²) in [6.07, 6.45) is 2.45. The Bertz CT molecular complexity index is 580. The van der Waals surface area contributed by atoms with Gasteiger partial charge in [-0.2, -0.15) is 0 Å². The summed E-state index contributed by atoms with van der Waals surface area (Å²) in [6, 6.07) is 4.17. The standard InChI is InChI=1S/C13H12ClFN2OS/c1-8-17-7-9(19-8)5-6-16-13(18)12-10(14)3-2-4-11(12)15/h2-4,7H,5-6H2,1H3,(H,16,18). The number of halogens is 2. The topological polar surface area (TPSA) is 42.0 Å². The molecule has 19 heavy (non-hydrogen) atoms. The smallest absolute Gasteiger partial charge is 0.255 e. The van der Waals surface area contributed by atoms with E-state index in [1.54, 1.807) is 17.5 Å². The van der Waals surface area contributed by atoms with Gasteiger partial charge in [-0.15, -0.1) is 11.3 Å². The Balaban J connectivity index is 1.94. The van der Waals surface area contributed by atoms with Crippen molar-refractivity contribution in [1.82, 2.24) is 10.3 Å². The molecule has 0 saturated heterocycles. The number of thiazole rings is 1. The van der Waals surface area contributed by atoms with Gasteiger partial charge in [-0.3, -0.25) is 4.79 Å². The maximum absolute atomic E-state index is 13.5. The van der Waals surface area contributed by atoms with E-state index < -0.39 is 11.7 Å². The molecule has 2 aromatic rings. The van der Waals surface area contributed by atoms with Crippen LogP contribution in [-0.4, -0.2) is 17.4 Å². The first-order valence-corrected chi connectivity index (χ1v) is 6.91. The van der Waals surface area contributed by atoms with E-state index in [0.717, 1.165) is 9.88 Å². The summed E-state index contributed by atoms with van der Waals surface area (Å²) in [5, 5.41) is 3.76. The zero-order valence-corrected chi connectivity index (χ0v) is 11.8. The fourth-order valence-corrected chi connectivity index (χ4v) is 2.67. The molecule has 0 bridgehead atoms. The van der Waals surface area contributed by atoms with Gasteiger partial charge in [-0.25, -0.2) is 9.37 Å². The minimum Gasteiger partial charge on any atom is -0.352 e. The lowest BCUT2D eigenvalue weighted by molar-refractivity contribution is 0.0950. The second-order valence-corrected chi connectivity index (χ2v) is 5.67. The average molecular weight is 299 g/mol. The van der Waals surface area contributed by atoms with E-state index in [2.05, 4.69) is 10.3 Å². The zero-order chi connectivity index (χ0) is 13.8. The summed E-state index contributed by atoms with van der Waals surface area (Å²) >= 11 is 7.39. The van der Waals surface area contributed by atoms with Crippen molar-refractivity contribution in [1.29, 1.82) is 0 Å². The van der Waals surface area contributed by atoms with Gasteiger partial charge in [0.2, 0.25) is 0 Å². The second-order valence-electron chi connectivity index (χ2n) is 3.95. The Hall–Kier alpha value is -1.46. The summed E-state index contributed by atoms with van der Waals surface area (Å²) in [6.45, 7) is 2.34. The number of hydrogen-bond acceptors (Lipinski definition) is 3. The van der Waals surface area contributed by atoms with Crippen LogP contribution in [0.4, 0.5) is 4.39 Å². The molecular formula is C13H12ClFN2OS. The first-order chi connectivity index (χ1) is 9.08. The Morgan fingerprint density at radius 2 is 2.32 bits per heavy atom. The van der Waals surface area contributed by atoms with Crippen LogP contribution in [0.3, 0.4) is 0 Å². The average Bonchev–Trinajstić information content (AvgIpc) is 2.75. The highest BCUT2D eigenvalue weighted by atomic mass is 35.5. The number of amides is 1. The maximum Gasteiger partial charge on any atom is 0.255 e. The molecule has 2 rings (SSSR count). The van der Waals surface area contributed by atoms with Gasteiger partial charge in [0.15, 0.2) is 0 Å². The number of aromatic nitrogens is 1. The van der Waals surface area contributed by atoms with Crippen LogP contribution in [0.5, 0.6) is 0 Å². The van der Waals surface area contributed by atoms with Crippen LogP contribution in [0, 0.1) is 12.7 Å². The van der Waals surface area contributed by atoms with E-state index in [0.29, 0.717) is 13.0 Å². The van der Waals surface area contributed by atoms with E-state index >= 15 is 0 Å². The number of benzene rings is 1. The molecule has 0 aliphatic carbocycles. The van der Waals surface area contributed by atoms with E-state index in [1.807, 2.05) is 6.92 Å². The van der Waals surface area contributed by atoms with Gasteiger partial charge in [0.1, 0.15) is 5.82 Å². The summed E-state index contributed by atoms with van der Waals surface area (Å²) in [5.74, 6) is -1.11. The highest BCUT2D eigenvalue weighted by molar-refractivity contribution is 7.11. The predicted molar refractivity (Wildman–Crippen MR) is 74.3 cm³/mol. The number of hydrogen-bond donors (Lipinski definition) is 1. The third-order valence-corrected chi connectivity index (χ3v) is 3.80. The van der Waals surface area contributed by atoms with Gasteiger partial charge in [0.05, 0.1) is 15.6 Å². The lowest BCUT2D eigenvalue weighted by Crippen LogP contribution is -2.26. The molecule has 1 aromatic carbocycles. The summed E-state index contributed by atoms with van der Waals surface area (Å²) in [7, 11) is 0. The Morgan fingerprint density at radius 1 is 1.53 bits per heavy atom. The molecule has 6 heteroatoms. The Labute approximate surface area is 119 Å². The number of carbonyl (C=O) groups excluding carboxylic acids is 1. The van der Waals surface area contributed by atoms with Gasteiger partial charge in [0, 0.05) is 24.0 Å². The molecule has 1 amide bonds. The molecule has 0 aliphatic heterocycles. The van der Waals surface area contributed by atoms with Crippen molar-refractivity contribution in [3.8, 4) is 0 Å². The van der Waals surface area contributed by atoms with Crippen molar-refractivity contribution in [3.05, 3.63) is 50.7 Å². The SMILES string of the molecule is Cc1ncc(CCNC(=O)c2c(F)cccc2Cl)s1. The van der Waals surface area contributed by atoms with E-state index in [4.69, 9.17) is 11.6 Å². The quantitative estimate of drug-likeness (QED) is 0.942. The van der Waals surface area contributed by atoms with E-state index in [-0.39, 0.29) is 10.6 Å². The Kier molecular flexibility index (Phi) is 4.50. The number of rotatable bonds is 4. The van der Waals surface area contributed by atoms with Crippen molar-refractivity contribution in [3.63, 3.8) is 0 Å². The third-order valence-electron chi connectivity index (χ3n) is 2.52. The van der Waals surface area contributed by atoms with Crippen molar-refractivity contribution in [2.45, 2.75) is 13.3 Å². The van der Waals surface area contributed by atoms with Gasteiger partial charge < -0.3 is 5.32 Å². The molecule has 0 radical (unpaired) electrons. The molecule has 0 spiro atoms. The molecule has 3 nitrogen and oxygen atoms in total. The normalized spacial score (nSPS) is 10.5. The number of carbonyl (C=O) groups is 1. The fraction of sp³-hybridized carbons (Fsp3) is 0.231. The fourth-order valence-electron chi connectivity index (χ4n) is 1.62. The summed E-state index contributed by atoms with van der Waals surface area (Å²) in [4.78, 5) is 17.0. The summed E-state index contributed by atoms with van der Waals surface area (Å²) < 4.78 is 13.5. The molecule has 0 saturated carbocycles. The van der Waals surface area contributed by atoms with Crippen molar-refractivity contribution < 1.29 is 9.18 Å². The molecule has 0 fully saturated rings. The van der Waals surface area contributed by atoms with Crippen LogP contribution in [0.1, 0.15) is 20.2 Å². The molecule has 1 aromatic heterocycles. The largest absolute Gasteiger partial charge is 0.352 e. The molecule has 0 unspecified atom stereocenters. The minimum atomic E-state index is -0.612. The number of nitrogens with one attached hydrogen (secondary N) is 1. The summed E-state index contributed by atoms with van der Waals surface area (Å²) in [5.41, 5.74) is -0.107. The van der Waals surface area contributed by atoms with E-state index in [1.165, 1.54) is 18.2 Å². The molecule has 0 atom stereocenters. The van der Waals surface area contributed by atoms with Crippen molar-refractivity contribution in [2.24, 2.45) is 0 Å². The minimum absolute atomic E-state index is 0.107. The highest BCUT2D eigenvalue weighted by Crippen LogP contribution is 2.18. The number of aryl methyl sites for hydroxylation is 1. The van der Waals surface area contributed by atoms with Gasteiger partial charge >= 0.3 is 0 Å². The van der Waals surface area contributed by atoms with Crippen LogP contribution in [0.25, 0.3) is 0 Å². The lowest BCUT2D eigenvalue weighted by Gasteiger charge is -2.06. The molecule has 1 heterocycles. The van der Waals surface area contributed by atoms with Crippen molar-refractivity contribution >= 4 is 28.8 Å². The second kappa shape index (κ2) is 6.12. The molecular weight excluding hydrogens is 287 g/mol. The van der Waals surface area contributed by atoms with Crippen molar-refractivity contribution in [2.75, 3.05) is 6.54 Å². The molecule has 1 N–H and O–H groups in total. The first-order valence-electron chi connectivity index (χ1n) is 5.71. The number of nitrogens with zero attached hydrogens (tertiary/aromatic N) is 1. The van der Waals surface area contributed by atoms with Gasteiger partial charge in [0.25, 0.3) is 5.91 Å².